The summed E-state index contributed by atoms with van der Waals surface area (Å²) < 4.78 is 10.2. The lowest BCUT2D eigenvalue weighted by molar-refractivity contribution is -0.150. The number of likely N-dealkylation sites (tertiary alicyclic amines) is 1. The molecule has 0 saturated carbocycles. The highest BCUT2D eigenvalue weighted by Gasteiger charge is 2.28. The number of hydrogen-bond acceptors (Lipinski definition) is 6. The maximum absolute atomic E-state index is 12.4. The third kappa shape index (κ3) is 4.11. The fourth-order valence-electron chi connectivity index (χ4n) is 3.79. The molecule has 0 amide bonds. The highest BCUT2D eigenvalue weighted by molar-refractivity contribution is 5.98. The fourth-order valence-corrected chi connectivity index (χ4v) is 3.79. The van der Waals surface area contributed by atoms with Gasteiger partial charge in [-0.3, -0.25) is 14.7 Å². The van der Waals surface area contributed by atoms with Crippen molar-refractivity contribution in [2.24, 2.45) is 5.92 Å². The van der Waals surface area contributed by atoms with Gasteiger partial charge in [0.2, 0.25) is 0 Å². The summed E-state index contributed by atoms with van der Waals surface area (Å²) in [7, 11) is 1.39. The molecule has 1 fully saturated rings. The van der Waals surface area contributed by atoms with Crippen LogP contribution in [0.1, 0.15) is 41.4 Å². The zero-order chi connectivity index (χ0) is 19.4. The van der Waals surface area contributed by atoms with Crippen molar-refractivity contribution < 1.29 is 19.1 Å². The van der Waals surface area contributed by atoms with E-state index in [1.54, 1.807) is 0 Å². The van der Waals surface area contributed by atoms with Gasteiger partial charge in [-0.1, -0.05) is 18.2 Å². The van der Waals surface area contributed by atoms with E-state index in [4.69, 9.17) is 14.5 Å². The maximum atomic E-state index is 12.4. The largest absolute Gasteiger partial charge is 0.466 e. The number of hydrogen-bond donors (Lipinski definition) is 0. The zero-order valence-corrected chi connectivity index (χ0v) is 16.2. The van der Waals surface area contributed by atoms with Crippen molar-refractivity contribution in [1.29, 1.82) is 0 Å². The molecular formula is C21H26N2O4. The number of pyridine rings is 1. The van der Waals surface area contributed by atoms with Crippen molar-refractivity contribution in [2.75, 3.05) is 26.8 Å². The Morgan fingerprint density at radius 3 is 2.81 bits per heavy atom. The first-order valence-electron chi connectivity index (χ1n) is 9.40. The molecule has 1 aromatic carbocycles. The van der Waals surface area contributed by atoms with Gasteiger partial charge < -0.3 is 9.47 Å². The van der Waals surface area contributed by atoms with Crippen LogP contribution in [0.15, 0.2) is 24.3 Å². The number of fused-ring (bicyclic) bond motifs is 1. The molecule has 0 bridgehead atoms. The Morgan fingerprint density at radius 2 is 2.07 bits per heavy atom. The molecule has 27 heavy (non-hydrogen) atoms. The highest BCUT2D eigenvalue weighted by Crippen LogP contribution is 2.26. The van der Waals surface area contributed by atoms with Gasteiger partial charge in [-0.25, -0.2) is 4.79 Å². The second kappa shape index (κ2) is 8.48. The number of aryl methyl sites for hydroxylation is 1. The van der Waals surface area contributed by atoms with Gasteiger partial charge in [-0.05, 0) is 44.9 Å². The van der Waals surface area contributed by atoms with E-state index in [0.717, 1.165) is 35.9 Å². The van der Waals surface area contributed by atoms with Gasteiger partial charge >= 0.3 is 11.9 Å². The molecule has 1 aliphatic heterocycles. The van der Waals surface area contributed by atoms with E-state index in [2.05, 4.69) is 4.90 Å². The van der Waals surface area contributed by atoms with E-state index in [9.17, 15) is 9.59 Å². The van der Waals surface area contributed by atoms with E-state index >= 15 is 0 Å². The highest BCUT2D eigenvalue weighted by atomic mass is 16.5. The molecule has 0 spiro atoms. The van der Waals surface area contributed by atoms with Crippen LogP contribution in [-0.2, 0) is 20.8 Å². The van der Waals surface area contributed by atoms with Gasteiger partial charge in [-0.15, -0.1) is 0 Å². The second-order valence-corrected chi connectivity index (χ2v) is 6.89. The first-order chi connectivity index (χ1) is 13.0. The molecule has 1 saturated heterocycles. The van der Waals surface area contributed by atoms with Crippen molar-refractivity contribution in [1.82, 2.24) is 9.88 Å². The number of aromatic nitrogens is 1. The summed E-state index contributed by atoms with van der Waals surface area (Å²) in [6.07, 6.45) is 1.76. The number of nitrogens with zero attached hydrogens (tertiary/aromatic N) is 2. The molecule has 2 aromatic rings. The number of benzene rings is 1. The molecule has 6 nitrogen and oxygen atoms in total. The Hall–Kier alpha value is -2.47. The summed E-state index contributed by atoms with van der Waals surface area (Å²) in [4.78, 5) is 31.5. The number of carbonyl (C=O) groups is 2. The first kappa shape index (κ1) is 19.3. The Balaban J connectivity index is 1.91. The molecule has 1 aliphatic rings. The van der Waals surface area contributed by atoms with Gasteiger partial charge in [-0.2, -0.15) is 0 Å². The van der Waals surface area contributed by atoms with E-state index < -0.39 is 0 Å². The number of para-hydroxylation sites is 1. The normalized spacial score (nSPS) is 17.7. The average molecular weight is 370 g/mol. The Morgan fingerprint density at radius 1 is 1.30 bits per heavy atom. The van der Waals surface area contributed by atoms with Gasteiger partial charge in [0, 0.05) is 18.5 Å². The molecule has 0 radical (unpaired) electrons. The first-order valence-corrected chi connectivity index (χ1v) is 9.40. The van der Waals surface area contributed by atoms with Crippen molar-refractivity contribution >= 4 is 22.8 Å². The molecule has 6 heteroatoms. The minimum absolute atomic E-state index is 0.123. The zero-order valence-electron chi connectivity index (χ0n) is 16.2. The van der Waals surface area contributed by atoms with E-state index in [-0.39, 0.29) is 17.9 Å². The van der Waals surface area contributed by atoms with Crippen LogP contribution in [0.4, 0.5) is 0 Å². The number of piperidine rings is 1. The number of ether oxygens (including phenoxy) is 2. The van der Waals surface area contributed by atoms with Gasteiger partial charge in [0.15, 0.2) is 0 Å². The predicted molar refractivity (Wildman–Crippen MR) is 102 cm³/mol. The lowest BCUT2D eigenvalue weighted by atomic mass is 9.97. The molecule has 3 rings (SSSR count). The summed E-state index contributed by atoms with van der Waals surface area (Å²) in [5.41, 5.74) is 2.95. The van der Waals surface area contributed by atoms with Crippen LogP contribution in [0.3, 0.4) is 0 Å². The van der Waals surface area contributed by atoms with Crippen LogP contribution in [0.2, 0.25) is 0 Å². The molecule has 0 aliphatic carbocycles. The molecule has 144 valence electrons. The van der Waals surface area contributed by atoms with Crippen LogP contribution >= 0.6 is 0 Å². The molecular weight excluding hydrogens is 344 g/mol. The average Bonchev–Trinajstić information content (AvgIpc) is 2.68. The topological polar surface area (TPSA) is 68.7 Å². The smallest absolute Gasteiger partial charge is 0.340 e. The number of rotatable bonds is 5. The van der Waals surface area contributed by atoms with Gasteiger partial charge in [0.1, 0.15) is 0 Å². The quantitative estimate of drug-likeness (QED) is 0.754. The van der Waals surface area contributed by atoms with E-state index in [1.807, 2.05) is 38.1 Å². The summed E-state index contributed by atoms with van der Waals surface area (Å²) in [5.74, 6) is -0.639. The summed E-state index contributed by atoms with van der Waals surface area (Å²) >= 11 is 0. The molecule has 1 aromatic heterocycles. The van der Waals surface area contributed by atoms with Crippen LogP contribution < -0.4 is 0 Å². The van der Waals surface area contributed by atoms with Gasteiger partial charge in [0.25, 0.3) is 0 Å². The van der Waals surface area contributed by atoms with Crippen LogP contribution in [0, 0.1) is 12.8 Å². The van der Waals surface area contributed by atoms with Crippen LogP contribution in [0.5, 0.6) is 0 Å². The third-order valence-electron chi connectivity index (χ3n) is 5.12. The SMILES string of the molecule is CCOC(=O)[C@@H]1CCCN(Cc2nc3ccccc3c(C)c2C(=O)OC)C1. The number of esters is 2. The minimum Gasteiger partial charge on any atom is -0.466 e. The molecule has 1 atom stereocenters. The fraction of sp³-hybridized carbons (Fsp3) is 0.476. The summed E-state index contributed by atoms with van der Waals surface area (Å²) in [6.45, 7) is 6.14. The van der Waals surface area contributed by atoms with Crippen molar-refractivity contribution in [3.05, 3.63) is 41.1 Å². The lowest BCUT2D eigenvalue weighted by Gasteiger charge is -2.31. The third-order valence-corrected chi connectivity index (χ3v) is 5.12. The number of methoxy groups -OCH3 is 1. The molecule has 0 unspecified atom stereocenters. The lowest BCUT2D eigenvalue weighted by Crippen LogP contribution is -2.39. The van der Waals surface area contributed by atoms with Crippen molar-refractivity contribution in [3.63, 3.8) is 0 Å². The second-order valence-electron chi connectivity index (χ2n) is 6.89. The molecule has 0 N–H and O–H groups in total. The Labute approximate surface area is 159 Å². The predicted octanol–water partition coefficient (Wildman–Crippen LogP) is 3.10. The molecule has 2 heterocycles. The standard InChI is InChI=1S/C21H26N2O4/c1-4-27-20(24)15-8-7-11-23(12-15)13-18-19(21(25)26-3)14(2)16-9-5-6-10-17(16)22-18/h5-6,9-10,15H,4,7-8,11-13H2,1-3H3/t15-/m1/s1. The Kier molecular flexibility index (Phi) is 6.06. The van der Waals surface area contributed by atoms with Crippen LogP contribution in [0.25, 0.3) is 10.9 Å². The summed E-state index contributed by atoms with van der Waals surface area (Å²) in [5, 5.41) is 0.949. The van der Waals surface area contributed by atoms with Crippen molar-refractivity contribution in [3.8, 4) is 0 Å². The van der Waals surface area contributed by atoms with E-state index in [1.165, 1.54) is 7.11 Å². The maximum Gasteiger partial charge on any atom is 0.340 e. The Bertz CT molecular complexity index is 849. The number of carbonyl (C=O) groups excluding carboxylic acids is 2. The van der Waals surface area contributed by atoms with Crippen LogP contribution in [-0.4, -0.2) is 48.6 Å². The van der Waals surface area contributed by atoms with Crippen molar-refractivity contribution in [2.45, 2.75) is 33.2 Å². The minimum atomic E-state index is -0.375. The monoisotopic (exact) mass is 370 g/mol. The summed E-state index contributed by atoms with van der Waals surface area (Å²) in [6, 6.07) is 7.79. The van der Waals surface area contributed by atoms with Gasteiger partial charge in [0.05, 0.1) is 36.4 Å². The van der Waals surface area contributed by atoms with E-state index in [0.29, 0.717) is 31.0 Å².